The second-order valence-corrected chi connectivity index (χ2v) is 17.6. The van der Waals surface area contributed by atoms with Crippen LogP contribution in [-0.2, 0) is 5.41 Å². The first-order valence-corrected chi connectivity index (χ1v) is 21.6. The molecule has 0 bridgehead atoms. The molecular formula is C59H37N3. The van der Waals surface area contributed by atoms with Crippen molar-refractivity contribution in [3.05, 3.63) is 199 Å². The molecule has 3 heteroatoms. The molecular weight excluding hydrogens is 751 g/mol. The Labute approximate surface area is 357 Å². The third-order valence-electron chi connectivity index (χ3n) is 14.1. The molecule has 11 aromatic carbocycles. The molecule has 14 rings (SSSR count). The van der Waals surface area contributed by atoms with Crippen LogP contribution in [0.3, 0.4) is 0 Å². The highest BCUT2D eigenvalue weighted by molar-refractivity contribution is 6.39. The van der Waals surface area contributed by atoms with Crippen LogP contribution >= 0.6 is 0 Å². The Hall–Kier alpha value is -7.88. The molecule has 0 spiro atoms. The van der Waals surface area contributed by atoms with Crippen molar-refractivity contribution >= 4 is 86.6 Å². The summed E-state index contributed by atoms with van der Waals surface area (Å²) in [6.07, 6.45) is 0. The number of fused-ring (bicyclic) bond motifs is 12. The van der Waals surface area contributed by atoms with Crippen molar-refractivity contribution in [2.24, 2.45) is 0 Å². The van der Waals surface area contributed by atoms with E-state index in [0.717, 1.165) is 38.6 Å². The largest absolute Gasteiger partial charge is 0.278 e. The quantitative estimate of drug-likeness (QED) is 0.132. The summed E-state index contributed by atoms with van der Waals surface area (Å²) >= 11 is 0. The first-order chi connectivity index (χ1) is 30.5. The Morgan fingerprint density at radius 3 is 1.79 bits per heavy atom. The maximum Gasteiger partial charge on any atom is 0.235 e. The minimum Gasteiger partial charge on any atom is -0.278 e. The van der Waals surface area contributed by atoms with Crippen LogP contribution in [0.2, 0.25) is 0 Å². The Morgan fingerprint density at radius 2 is 0.968 bits per heavy atom. The van der Waals surface area contributed by atoms with Crippen LogP contribution in [0.4, 0.5) is 0 Å². The molecule has 2 heterocycles. The summed E-state index contributed by atoms with van der Waals surface area (Å²) in [5.41, 5.74) is 12.9. The van der Waals surface area contributed by atoms with Crippen LogP contribution in [0.15, 0.2) is 188 Å². The fraction of sp³-hybridized carbons (Fsp3) is 0.0508. The molecule has 1 aliphatic carbocycles. The van der Waals surface area contributed by atoms with Crippen LogP contribution in [0, 0.1) is 0 Å². The molecule has 0 aliphatic heterocycles. The third kappa shape index (κ3) is 4.34. The van der Waals surface area contributed by atoms with Gasteiger partial charge >= 0.3 is 0 Å². The average Bonchev–Trinajstić information content (AvgIpc) is 3.78. The van der Waals surface area contributed by atoms with Crippen LogP contribution in [-0.4, -0.2) is 14.5 Å². The second kappa shape index (κ2) is 12.1. The van der Waals surface area contributed by atoms with E-state index >= 15 is 0 Å². The van der Waals surface area contributed by atoms with Gasteiger partial charge in [0.1, 0.15) is 0 Å². The fourth-order valence-electron chi connectivity index (χ4n) is 11.4. The Morgan fingerprint density at radius 1 is 0.371 bits per heavy atom. The highest BCUT2D eigenvalue weighted by atomic mass is 15.2. The van der Waals surface area contributed by atoms with Crippen molar-refractivity contribution < 1.29 is 0 Å². The van der Waals surface area contributed by atoms with Crippen molar-refractivity contribution in [1.82, 2.24) is 14.5 Å². The topological polar surface area (TPSA) is 30.7 Å². The van der Waals surface area contributed by atoms with Gasteiger partial charge in [-0.15, -0.1) is 0 Å². The Bertz CT molecular complexity index is 4060. The summed E-state index contributed by atoms with van der Waals surface area (Å²) in [6, 6.07) is 69.0. The van der Waals surface area contributed by atoms with Gasteiger partial charge in [-0.1, -0.05) is 178 Å². The molecule has 0 saturated carbocycles. The first kappa shape index (κ1) is 33.9. The standard InChI is InChI=1S/C59H37N3/c1-59(2)48-27-11-8-20-41(48)55-44-25-14-23-38-39-24-15-26-45-54(39)47(46(53(38)44)32-49(55)59)33-52-56(45)43-22-10-13-29-51(43)62(52)58-60-50-28-12-9-21-42(50)57(61-58)40-31-30-35(34-16-4-3-5-17-34)36-18-6-7-19-37(36)40/h3-33H,1-2H3. The average molecular weight is 788 g/mol. The predicted molar refractivity (Wildman–Crippen MR) is 261 cm³/mol. The summed E-state index contributed by atoms with van der Waals surface area (Å²) in [5.74, 6) is 0.663. The number of aromatic nitrogens is 3. The summed E-state index contributed by atoms with van der Waals surface area (Å²) < 4.78 is 2.33. The minimum absolute atomic E-state index is 0.138. The van der Waals surface area contributed by atoms with Gasteiger partial charge in [-0.05, 0) is 112 Å². The Kier molecular flexibility index (Phi) is 6.63. The molecule has 0 N–H and O–H groups in total. The third-order valence-corrected chi connectivity index (χ3v) is 14.1. The number of hydrogen-bond acceptors (Lipinski definition) is 2. The lowest BCUT2D eigenvalue weighted by molar-refractivity contribution is 0.661. The number of rotatable bonds is 3. The van der Waals surface area contributed by atoms with Crippen LogP contribution in [0.1, 0.15) is 25.0 Å². The first-order valence-electron chi connectivity index (χ1n) is 21.6. The lowest BCUT2D eigenvalue weighted by Crippen LogP contribution is -2.14. The van der Waals surface area contributed by atoms with Crippen molar-refractivity contribution in [2.75, 3.05) is 0 Å². The molecule has 288 valence electrons. The summed E-state index contributed by atoms with van der Waals surface area (Å²) in [5, 5.41) is 16.2. The van der Waals surface area contributed by atoms with Crippen molar-refractivity contribution in [2.45, 2.75) is 19.3 Å². The second-order valence-electron chi connectivity index (χ2n) is 17.6. The summed E-state index contributed by atoms with van der Waals surface area (Å²) in [4.78, 5) is 11.1. The van der Waals surface area contributed by atoms with Crippen molar-refractivity contribution in [3.63, 3.8) is 0 Å². The van der Waals surface area contributed by atoms with E-state index in [9.17, 15) is 0 Å². The smallest absolute Gasteiger partial charge is 0.235 e. The molecule has 13 aromatic rings. The van der Waals surface area contributed by atoms with Gasteiger partial charge in [-0.25, -0.2) is 9.97 Å². The van der Waals surface area contributed by atoms with Gasteiger partial charge in [-0.3, -0.25) is 4.57 Å². The van der Waals surface area contributed by atoms with Crippen LogP contribution in [0.5, 0.6) is 0 Å². The molecule has 0 atom stereocenters. The van der Waals surface area contributed by atoms with E-state index < -0.39 is 0 Å². The van der Waals surface area contributed by atoms with Crippen LogP contribution in [0.25, 0.3) is 126 Å². The Balaban J connectivity index is 1.11. The maximum absolute atomic E-state index is 5.65. The zero-order valence-corrected chi connectivity index (χ0v) is 34.2. The van der Waals surface area contributed by atoms with Gasteiger partial charge < -0.3 is 0 Å². The molecule has 3 nitrogen and oxygen atoms in total. The minimum atomic E-state index is -0.138. The van der Waals surface area contributed by atoms with Crippen molar-refractivity contribution in [1.29, 1.82) is 0 Å². The van der Waals surface area contributed by atoms with Gasteiger partial charge in [0, 0.05) is 27.1 Å². The molecule has 0 radical (unpaired) electrons. The molecule has 0 unspecified atom stereocenters. The van der Waals surface area contributed by atoms with E-state index in [2.05, 4.69) is 206 Å². The fourth-order valence-corrected chi connectivity index (χ4v) is 11.4. The molecule has 0 fully saturated rings. The molecule has 0 saturated heterocycles. The number of benzene rings is 11. The highest BCUT2D eigenvalue weighted by Gasteiger charge is 2.37. The van der Waals surface area contributed by atoms with E-state index in [0.29, 0.717) is 5.95 Å². The van der Waals surface area contributed by atoms with Gasteiger partial charge in [0.2, 0.25) is 5.95 Å². The van der Waals surface area contributed by atoms with E-state index in [4.69, 9.17) is 9.97 Å². The summed E-state index contributed by atoms with van der Waals surface area (Å²) in [7, 11) is 0. The normalized spacial score (nSPS) is 13.5. The molecule has 0 amide bonds. The van der Waals surface area contributed by atoms with Crippen molar-refractivity contribution in [3.8, 4) is 39.5 Å². The summed E-state index contributed by atoms with van der Waals surface area (Å²) in [6.45, 7) is 4.78. The molecule has 1 aliphatic rings. The van der Waals surface area contributed by atoms with Crippen LogP contribution < -0.4 is 0 Å². The van der Waals surface area contributed by atoms with E-state index in [1.165, 1.54) is 92.6 Å². The molecule has 2 aromatic heterocycles. The zero-order valence-electron chi connectivity index (χ0n) is 34.2. The molecule has 62 heavy (non-hydrogen) atoms. The van der Waals surface area contributed by atoms with E-state index in [-0.39, 0.29) is 5.41 Å². The van der Waals surface area contributed by atoms with E-state index in [1.807, 2.05) is 0 Å². The predicted octanol–water partition coefficient (Wildman–Crippen LogP) is 15.6. The van der Waals surface area contributed by atoms with Gasteiger partial charge in [0.05, 0.1) is 22.2 Å². The zero-order chi connectivity index (χ0) is 40.8. The SMILES string of the molecule is CC1(C)c2ccccc2-c2c1cc1c3cc4c(c5cccc(c6cccc2c61)c35)c1ccccc1n4-c1nc(-c2ccc(-c3ccccc3)c3ccccc23)c2ccccc2n1. The van der Waals surface area contributed by atoms with Gasteiger partial charge in [0.25, 0.3) is 0 Å². The lowest BCUT2D eigenvalue weighted by atomic mass is 9.80. The number of para-hydroxylation sites is 2. The number of hydrogen-bond donors (Lipinski definition) is 0. The highest BCUT2D eigenvalue weighted by Crippen LogP contribution is 2.55. The van der Waals surface area contributed by atoms with Gasteiger partial charge in [-0.2, -0.15) is 0 Å². The van der Waals surface area contributed by atoms with Gasteiger partial charge in [0.15, 0.2) is 0 Å². The van der Waals surface area contributed by atoms with E-state index in [1.54, 1.807) is 0 Å². The number of nitrogens with zero attached hydrogens (tertiary/aromatic N) is 3. The monoisotopic (exact) mass is 787 g/mol. The lowest BCUT2D eigenvalue weighted by Gasteiger charge is -2.23. The maximum atomic E-state index is 5.65.